The Bertz CT molecular complexity index is 1000. The van der Waals surface area contributed by atoms with Crippen LogP contribution in [0.3, 0.4) is 0 Å². The van der Waals surface area contributed by atoms with Crippen molar-refractivity contribution in [2.24, 2.45) is 0 Å². The largest absolute Gasteiger partial charge is 0.586 e. The van der Waals surface area contributed by atoms with E-state index in [2.05, 4.69) is 45.0 Å². The van der Waals surface area contributed by atoms with Crippen molar-refractivity contribution in [3.8, 4) is 11.5 Å². The molecule has 0 amide bonds. The molecule has 0 saturated heterocycles. The fourth-order valence-electron chi connectivity index (χ4n) is 3.25. The number of nitrogens with zero attached hydrogens (tertiary/aromatic N) is 4. The van der Waals surface area contributed by atoms with E-state index >= 15 is 0 Å². The normalized spacial score (nSPS) is 18.1. The van der Waals surface area contributed by atoms with Crippen molar-refractivity contribution < 1.29 is 22.9 Å². The molecule has 27 heavy (non-hydrogen) atoms. The minimum absolute atomic E-state index is 0.0305. The number of rotatable bonds is 4. The first kappa shape index (κ1) is 16.0. The molecular formula is C16H14F2N6O3. The van der Waals surface area contributed by atoms with Crippen LogP contribution >= 0.6 is 0 Å². The second kappa shape index (κ2) is 5.89. The number of nitrogens with one attached hydrogen (secondary N) is 2. The number of hydrogen-bond donors (Lipinski definition) is 2. The number of aromatic nitrogens is 4. The number of halogens is 2. The summed E-state index contributed by atoms with van der Waals surface area (Å²) >= 11 is 0. The Morgan fingerprint density at radius 3 is 2.44 bits per heavy atom. The highest BCUT2D eigenvalue weighted by molar-refractivity contribution is 5.77. The van der Waals surface area contributed by atoms with Gasteiger partial charge in [0.15, 0.2) is 23.1 Å². The van der Waals surface area contributed by atoms with Crippen molar-refractivity contribution in [1.29, 1.82) is 0 Å². The van der Waals surface area contributed by atoms with Crippen LogP contribution in [-0.4, -0.2) is 32.6 Å². The van der Waals surface area contributed by atoms with Crippen molar-refractivity contribution in [3.05, 3.63) is 18.2 Å². The van der Waals surface area contributed by atoms with E-state index in [0.717, 1.165) is 25.7 Å². The highest BCUT2D eigenvalue weighted by atomic mass is 19.3. The topological polar surface area (TPSA) is 107 Å². The standard InChI is InChI=1S/C16H14F2N6O3/c17-16(18)25-10-6-5-9(7-11(10)26-16)20-13-12(19-8-3-1-2-4-8)21-14-15(22-13)24-27-23-14/h5-8H,1-4H2,(H,19,21,23)(H,20,22,24). The van der Waals surface area contributed by atoms with Crippen LogP contribution in [-0.2, 0) is 0 Å². The molecule has 2 aliphatic rings. The molecule has 3 aromatic rings. The molecule has 1 aliphatic heterocycles. The smallest absolute Gasteiger partial charge is 0.395 e. The van der Waals surface area contributed by atoms with Crippen LogP contribution in [0, 0.1) is 0 Å². The number of hydrogen-bond acceptors (Lipinski definition) is 9. The van der Waals surface area contributed by atoms with Gasteiger partial charge in [0.2, 0.25) is 11.3 Å². The molecule has 11 heteroatoms. The minimum atomic E-state index is -3.67. The monoisotopic (exact) mass is 376 g/mol. The average molecular weight is 376 g/mol. The van der Waals surface area contributed by atoms with E-state index in [9.17, 15) is 8.78 Å². The SMILES string of the molecule is FC1(F)Oc2ccc(Nc3nc4nonc4nc3NC3CCCC3)cc2O1. The van der Waals surface area contributed by atoms with Crippen LogP contribution in [0.2, 0.25) is 0 Å². The number of ether oxygens (including phenoxy) is 2. The van der Waals surface area contributed by atoms with Gasteiger partial charge in [0.1, 0.15) is 0 Å². The van der Waals surface area contributed by atoms with E-state index in [0.29, 0.717) is 17.3 Å². The zero-order valence-corrected chi connectivity index (χ0v) is 13.9. The Morgan fingerprint density at radius 2 is 1.67 bits per heavy atom. The summed E-state index contributed by atoms with van der Waals surface area (Å²) in [5.74, 6) is 0.786. The predicted octanol–water partition coefficient (Wildman–Crippen LogP) is 3.43. The lowest BCUT2D eigenvalue weighted by molar-refractivity contribution is -0.286. The second-order valence-corrected chi connectivity index (χ2v) is 6.41. The van der Waals surface area contributed by atoms with Gasteiger partial charge >= 0.3 is 6.29 Å². The molecule has 0 unspecified atom stereocenters. The minimum Gasteiger partial charge on any atom is -0.395 e. The maximum atomic E-state index is 13.2. The van der Waals surface area contributed by atoms with Crippen molar-refractivity contribution >= 4 is 28.6 Å². The van der Waals surface area contributed by atoms with E-state index in [-0.39, 0.29) is 28.8 Å². The van der Waals surface area contributed by atoms with Gasteiger partial charge in [0.25, 0.3) is 0 Å². The van der Waals surface area contributed by atoms with E-state index < -0.39 is 6.29 Å². The quantitative estimate of drug-likeness (QED) is 0.708. The highest BCUT2D eigenvalue weighted by Gasteiger charge is 2.43. The molecule has 5 rings (SSSR count). The molecule has 1 aliphatic carbocycles. The van der Waals surface area contributed by atoms with Crippen molar-refractivity contribution in [2.75, 3.05) is 10.6 Å². The van der Waals surface area contributed by atoms with Crippen molar-refractivity contribution in [3.63, 3.8) is 0 Å². The first-order valence-corrected chi connectivity index (χ1v) is 8.49. The average Bonchev–Trinajstić information content (AvgIpc) is 3.33. The third-order valence-corrected chi connectivity index (χ3v) is 4.47. The first-order valence-electron chi connectivity index (χ1n) is 8.49. The van der Waals surface area contributed by atoms with Gasteiger partial charge in [0.05, 0.1) is 0 Å². The number of anilines is 3. The molecule has 2 aromatic heterocycles. The second-order valence-electron chi connectivity index (χ2n) is 6.41. The van der Waals surface area contributed by atoms with Crippen LogP contribution in [0.25, 0.3) is 11.3 Å². The van der Waals surface area contributed by atoms with E-state index in [1.165, 1.54) is 12.1 Å². The zero-order valence-electron chi connectivity index (χ0n) is 13.9. The van der Waals surface area contributed by atoms with Gasteiger partial charge in [-0.05, 0) is 35.3 Å². The van der Waals surface area contributed by atoms with E-state index in [1.807, 2.05) is 0 Å². The molecule has 1 fully saturated rings. The molecule has 140 valence electrons. The Kier molecular flexibility index (Phi) is 3.49. The summed E-state index contributed by atoms with van der Waals surface area (Å²) in [5, 5.41) is 13.8. The van der Waals surface area contributed by atoms with Crippen LogP contribution in [0.5, 0.6) is 11.5 Å². The summed E-state index contributed by atoms with van der Waals surface area (Å²) in [6.45, 7) is 0. The van der Waals surface area contributed by atoms with Gasteiger partial charge in [-0.1, -0.05) is 12.8 Å². The Morgan fingerprint density at radius 1 is 0.963 bits per heavy atom. The molecular weight excluding hydrogens is 362 g/mol. The molecule has 0 bridgehead atoms. The maximum absolute atomic E-state index is 13.2. The molecule has 0 atom stereocenters. The summed E-state index contributed by atoms with van der Waals surface area (Å²) in [7, 11) is 0. The summed E-state index contributed by atoms with van der Waals surface area (Å²) < 4.78 is 40.0. The predicted molar refractivity (Wildman–Crippen MR) is 89.2 cm³/mol. The van der Waals surface area contributed by atoms with E-state index in [1.54, 1.807) is 6.07 Å². The fraction of sp³-hybridized carbons (Fsp3) is 0.375. The van der Waals surface area contributed by atoms with Gasteiger partial charge in [-0.3, -0.25) is 0 Å². The molecule has 3 heterocycles. The van der Waals surface area contributed by atoms with Gasteiger partial charge < -0.3 is 20.1 Å². The molecule has 2 N–H and O–H groups in total. The fourth-order valence-corrected chi connectivity index (χ4v) is 3.25. The molecule has 1 aromatic carbocycles. The van der Waals surface area contributed by atoms with E-state index in [4.69, 9.17) is 0 Å². The van der Waals surface area contributed by atoms with Gasteiger partial charge in [0, 0.05) is 17.8 Å². The van der Waals surface area contributed by atoms with Gasteiger partial charge in [-0.25, -0.2) is 14.6 Å². The summed E-state index contributed by atoms with van der Waals surface area (Å²) in [5.41, 5.74) is 1.00. The number of alkyl halides is 2. The lowest BCUT2D eigenvalue weighted by atomic mass is 10.2. The van der Waals surface area contributed by atoms with Gasteiger partial charge in [-0.15, -0.1) is 8.78 Å². The Balaban J connectivity index is 1.47. The molecule has 1 saturated carbocycles. The lowest BCUT2D eigenvalue weighted by Crippen LogP contribution is -2.25. The zero-order chi connectivity index (χ0) is 18.4. The Labute approximate surface area is 151 Å². The first-order chi connectivity index (χ1) is 13.1. The lowest BCUT2D eigenvalue weighted by Gasteiger charge is -2.16. The van der Waals surface area contributed by atoms with Crippen LogP contribution in [0.15, 0.2) is 22.8 Å². The van der Waals surface area contributed by atoms with Crippen LogP contribution in [0.4, 0.5) is 26.1 Å². The van der Waals surface area contributed by atoms with Crippen LogP contribution < -0.4 is 20.1 Å². The Hall–Kier alpha value is -3.24. The van der Waals surface area contributed by atoms with Crippen molar-refractivity contribution in [1.82, 2.24) is 20.3 Å². The summed E-state index contributed by atoms with van der Waals surface area (Å²) in [6, 6.07) is 4.66. The third kappa shape index (κ3) is 3.04. The maximum Gasteiger partial charge on any atom is 0.586 e. The van der Waals surface area contributed by atoms with Gasteiger partial charge in [-0.2, -0.15) is 0 Å². The molecule has 9 nitrogen and oxygen atoms in total. The van der Waals surface area contributed by atoms with Crippen molar-refractivity contribution in [2.45, 2.75) is 38.0 Å². The third-order valence-electron chi connectivity index (χ3n) is 4.47. The highest BCUT2D eigenvalue weighted by Crippen LogP contribution is 2.42. The summed E-state index contributed by atoms with van der Waals surface area (Å²) in [4.78, 5) is 8.78. The summed E-state index contributed by atoms with van der Waals surface area (Å²) in [6.07, 6.45) is 0.710. The molecule has 0 radical (unpaired) electrons. The van der Waals surface area contributed by atoms with Crippen LogP contribution in [0.1, 0.15) is 25.7 Å². The molecule has 0 spiro atoms. The number of fused-ring (bicyclic) bond motifs is 2. The number of benzene rings is 1.